The molecule has 1 saturated heterocycles. The molecule has 9 heteroatoms. The van der Waals surface area contributed by atoms with Gasteiger partial charge in [-0.25, -0.2) is 8.42 Å². The number of sulfonamides is 1. The van der Waals surface area contributed by atoms with E-state index in [-0.39, 0.29) is 37.5 Å². The standard InChI is InChI=1S/C12H15F3N2O2S.ClH/c1-8-6-17(7-10(8)16)20(18,19)11-5-3-2-4-9(11)12(13,14)15;/h2-5,8,10H,6-7,16H2,1H3;1H. The molecule has 1 heterocycles. The number of alkyl halides is 3. The number of nitrogens with two attached hydrogens (primary N) is 1. The molecule has 0 saturated carbocycles. The molecule has 2 atom stereocenters. The van der Waals surface area contributed by atoms with Crippen LogP contribution in [0.3, 0.4) is 0 Å². The maximum atomic E-state index is 12.9. The Morgan fingerprint density at radius 1 is 1.24 bits per heavy atom. The van der Waals surface area contributed by atoms with Gasteiger partial charge < -0.3 is 5.73 Å². The van der Waals surface area contributed by atoms with Gasteiger partial charge in [0.15, 0.2) is 0 Å². The van der Waals surface area contributed by atoms with Crippen molar-refractivity contribution in [3.63, 3.8) is 0 Å². The third-order valence-corrected chi connectivity index (χ3v) is 5.34. The second-order valence-electron chi connectivity index (χ2n) is 4.96. The lowest BCUT2D eigenvalue weighted by Gasteiger charge is -2.19. The summed E-state index contributed by atoms with van der Waals surface area (Å²) in [5, 5.41) is 0. The zero-order valence-electron chi connectivity index (χ0n) is 11.2. The third kappa shape index (κ3) is 3.50. The molecule has 1 fully saturated rings. The first-order chi connectivity index (χ1) is 9.14. The summed E-state index contributed by atoms with van der Waals surface area (Å²) in [4.78, 5) is -0.714. The Balaban J connectivity index is 0.00000220. The van der Waals surface area contributed by atoms with E-state index in [1.165, 1.54) is 12.1 Å². The topological polar surface area (TPSA) is 63.4 Å². The predicted molar refractivity (Wildman–Crippen MR) is 74.6 cm³/mol. The predicted octanol–water partition coefficient (Wildman–Crippen LogP) is 2.09. The Hall–Kier alpha value is -0.830. The van der Waals surface area contributed by atoms with Crippen LogP contribution in [0.4, 0.5) is 13.2 Å². The molecule has 1 aromatic rings. The molecule has 1 aliphatic heterocycles. The number of halogens is 4. The van der Waals surface area contributed by atoms with Gasteiger partial charge in [-0.3, -0.25) is 0 Å². The van der Waals surface area contributed by atoms with Crippen molar-refractivity contribution in [2.75, 3.05) is 13.1 Å². The molecule has 0 radical (unpaired) electrons. The highest BCUT2D eigenvalue weighted by atomic mass is 35.5. The molecule has 4 nitrogen and oxygen atoms in total. The molecule has 0 aromatic heterocycles. The Morgan fingerprint density at radius 2 is 1.81 bits per heavy atom. The van der Waals surface area contributed by atoms with Gasteiger partial charge in [-0.1, -0.05) is 19.1 Å². The third-order valence-electron chi connectivity index (χ3n) is 3.45. The Morgan fingerprint density at radius 3 is 2.29 bits per heavy atom. The SMILES string of the molecule is CC1CN(S(=O)(=O)c2ccccc2C(F)(F)F)CC1N.Cl. The van der Waals surface area contributed by atoms with Crippen molar-refractivity contribution in [2.45, 2.75) is 24.0 Å². The van der Waals surface area contributed by atoms with Crippen molar-refractivity contribution < 1.29 is 21.6 Å². The summed E-state index contributed by atoms with van der Waals surface area (Å²) in [6.45, 7) is 1.95. The summed E-state index contributed by atoms with van der Waals surface area (Å²) in [6, 6.07) is 3.84. The highest BCUT2D eigenvalue weighted by Crippen LogP contribution is 2.36. The summed E-state index contributed by atoms with van der Waals surface area (Å²) in [7, 11) is -4.18. The van der Waals surface area contributed by atoms with Crippen LogP contribution >= 0.6 is 12.4 Å². The van der Waals surface area contributed by atoms with Crippen LogP contribution in [0.15, 0.2) is 29.2 Å². The Bertz CT molecular complexity index is 597. The maximum absolute atomic E-state index is 12.9. The first kappa shape index (κ1) is 18.2. The van der Waals surface area contributed by atoms with Gasteiger partial charge in [0.1, 0.15) is 0 Å². The fraction of sp³-hybridized carbons (Fsp3) is 0.500. The molecule has 21 heavy (non-hydrogen) atoms. The summed E-state index contributed by atoms with van der Waals surface area (Å²) >= 11 is 0. The van der Waals surface area contributed by atoms with Crippen LogP contribution in [0.2, 0.25) is 0 Å². The monoisotopic (exact) mass is 344 g/mol. The van der Waals surface area contributed by atoms with Gasteiger partial charge in [-0.15, -0.1) is 12.4 Å². The molecule has 2 N–H and O–H groups in total. The van der Waals surface area contributed by atoms with Gasteiger partial charge in [-0.05, 0) is 18.1 Å². The molecule has 0 aliphatic carbocycles. The summed E-state index contributed by atoms with van der Waals surface area (Å²) in [5.74, 6) is -0.0807. The molecule has 2 unspecified atom stereocenters. The molecular formula is C12H16ClF3N2O2S. The van der Waals surface area contributed by atoms with Gasteiger partial charge in [0.2, 0.25) is 10.0 Å². The van der Waals surface area contributed by atoms with Gasteiger partial charge in [0, 0.05) is 19.1 Å². The number of benzene rings is 1. The van der Waals surface area contributed by atoms with Crippen LogP contribution in [-0.4, -0.2) is 31.9 Å². The first-order valence-electron chi connectivity index (χ1n) is 6.06. The van der Waals surface area contributed by atoms with Gasteiger partial charge in [0.25, 0.3) is 0 Å². The van der Waals surface area contributed by atoms with Crippen molar-refractivity contribution in [3.05, 3.63) is 29.8 Å². The first-order valence-corrected chi connectivity index (χ1v) is 7.50. The van der Waals surface area contributed by atoms with Crippen molar-refractivity contribution in [2.24, 2.45) is 11.7 Å². The zero-order valence-corrected chi connectivity index (χ0v) is 12.8. The van der Waals surface area contributed by atoms with E-state index >= 15 is 0 Å². The lowest BCUT2D eigenvalue weighted by molar-refractivity contribution is -0.139. The van der Waals surface area contributed by atoms with E-state index in [4.69, 9.17) is 5.73 Å². The second kappa shape index (κ2) is 6.12. The highest BCUT2D eigenvalue weighted by molar-refractivity contribution is 7.89. The fourth-order valence-electron chi connectivity index (χ4n) is 2.21. The number of hydrogen-bond donors (Lipinski definition) is 1. The fourth-order valence-corrected chi connectivity index (χ4v) is 4.00. The van der Waals surface area contributed by atoms with Gasteiger partial charge in [-0.2, -0.15) is 17.5 Å². The largest absolute Gasteiger partial charge is 0.417 e. The van der Waals surface area contributed by atoms with Crippen LogP contribution in [0, 0.1) is 5.92 Å². The van der Waals surface area contributed by atoms with Crippen molar-refractivity contribution >= 4 is 22.4 Å². The number of nitrogens with zero attached hydrogens (tertiary/aromatic N) is 1. The summed E-state index contributed by atoms with van der Waals surface area (Å²) < 4.78 is 64.5. The minimum Gasteiger partial charge on any atom is -0.326 e. The maximum Gasteiger partial charge on any atom is 0.417 e. The summed E-state index contributed by atoms with van der Waals surface area (Å²) in [6.07, 6.45) is -4.71. The van der Waals surface area contributed by atoms with Crippen LogP contribution < -0.4 is 5.73 Å². The zero-order chi connectivity index (χ0) is 15.1. The molecule has 2 rings (SSSR count). The number of hydrogen-bond acceptors (Lipinski definition) is 3. The smallest absolute Gasteiger partial charge is 0.326 e. The highest BCUT2D eigenvalue weighted by Gasteiger charge is 2.41. The summed E-state index contributed by atoms with van der Waals surface area (Å²) in [5.41, 5.74) is 4.59. The van der Waals surface area contributed by atoms with E-state index in [1.807, 2.05) is 0 Å². The van der Waals surface area contributed by atoms with Crippen molar-refractivity contribution in [1.82, 2.24) is 4.31 Å². The Kier molecular flexibility index (Phi) is 5.31. The lowest BCUT2D eigenvalue weighted by atomic mass is 10.1. The molecule has 1 aliphatic rings. The minimum atomic E-state index is -4.71. The van der Waals surface area contributed by atoms with E-state index < -0.39 is 26.7 Å². The molecule has 0 bridgehead atoms. The molecular weight excluding hydrogens is 329 g/mol. The minimum absolute atomic E-state index is 0. The van der Waals surface area contributed by atoms with Crippen molar-refractivity contribution in [1.29, 1.82) is 0 Å². The second-order valence-corrected chi connectivity index (χ2v) is 6.86. The molecule has 0 amide bonds. The van der Waals surface area contributed by atoms with Gasteiger partial charge in [0.05, 0.1) is 10.5 Å². The van der Waals surface area contributed by atoms with Crippen LogP contribution in [0.25, 0.3) is 0 Å². The Labute approximate surface area is 127 Å². The van der Waals surface area contributed by atoms with E-state index in [2.05, 4.69) is 0 Å². The molecule has 120 valence electrons. The normalized spacial score (nSPS) is 23.9. The van der Waals surface area contributed by atoms with Crippen LogP contribution in [-0.2, 0) is 16.2 Å². The van der Waals surface area contributed by atoms with E-state index in [0.29, 0.717) is 0 Å². The lowest BCUT2D eigenvalue weighted by Crippen LogP contribution is -2.33. The van der Waals surface area contributed by atoms with E-state index in [9.17, 15) is 21.6 Å². The van der Waals surface area contributed by atoms with Crippen LogP contribution in [0.1, 0.15) is 12.5 Å². The molecule has 1 aromatic carbocycles. The van der Waals surface area contributed by atoms with Crippen molar-refractivity contribution in [3.8, 4) is 0 Å². The van der Waals surface area contributed by atoms with Crippen LogP contribution in [0.5, 0.6) is 0 Å². The number of rotatable bonds is 2. The van der Waals surface area contributed by atoms with Gasteiger partial charge >= 0.3 is 6.18 Å². The van der Waals surface area contributed by atoms with E-state index in [0.717, 1.165) is 16.4 Å². The average molecular weight is 345 g/mol. The van der Waals surface area contributed by atoms with E-state index in [1.54, 1.807) is 6.92 Å². The quantitative estimate of drug-likeness (QED) is 0.893. The average Bonchev–Trinajstić information content (AvgIpc) is 2.69. The molecule has 0 spiro atoms.